The van der Waals surface area contributed by atoms with Gasteiger partial charge in [-0.2, -0.15) is 0 Å². The summed E-state index contributed by atoms with van der Waals surface area (Å²) >= 11 is 0. The number of carbonyl (C=O) groups excluding carboxylic acids is 1. The Labute approximate surface area is 94.3 Å². The monoisotopic (exact) mass is 215 g/mol. The van der Waals surface area contributed by atoms with Crippen molar-refractivity contribution in [1.82, 2.24) is 4.98 Å². The van der Waals surface area contributed by atoms with Crippen molar-refractivity contribution in [2.75, 3.05) is 0 Å². The first-order chi connectivity index (χ1) is 7.61. The molecule has 4 N–H and O–H groups in total. The average molecular weight is 215 g/mol. The molecule has 0 unspecified atom stereocenters. The van der Waals surface area contributed by atoms with Crippen molar-refractivity contribution >= 4 is 11.5 Å². The van der Waals surface area contributed by atoms with Gasteiger partial charge in [0.1, 0.15) is 5.69 Å². The summed E-state index contributed by atoms with van der Waals surface area (Å²) < 4.78 is 0. The number of aromatic nitrogens is 1. The number of aryl methyl sites for hydroxylation is 1. The van der Waals surface area contributed by atoms with Crippen LogP contribution in [0.15, 0.2) is 30.3 Å². The SMILES string of the molecule is CC(=O)c1c(C)[nH]c(-c2ccccc2)c1[NH3+]. The lowest BCUT2D eigenvalue weighted by Crippen LogP contribution is -2.42. The first kappa shape index (κ1) is 10.6. The molecule has 0 aliphatic heterocycles. The van der Waals surface area contributed by atoms with Crippen LogP contribution in [0.25, 0.3) is 11.3 Å². The van der Waals surface area contributed by atoms with E-state index < -0.39 is 0 Å². The van der Waals surface area contributed by atoms with Gasteiger partial charge in [0.15, 0.2) is 11.5 Å². The molecule has 2 rings (SSSR count). The van der Waals surface area contributed by atoms with Gasteiger partial charge in [0, 0.05) is 11.3 Å². The van der Waals surface area contributed by atoms with E-state index in [9.17, 15) is 4.79 Å². The molecule has 0 saturated carbocycles. The number of H-pyrrole nitrogens is 1. The Kier molecular flexibility index (Phi) is 2.62. The van der Waals surface area contributed by atoms with E-state index in [0.29, 0.717) is 5.56 Å². The predicted octanol–water partition coefficient (Wildman–Crippen LogP) is 2.07. The van der Waals surface area contributed by atoms with Crippen LogP contribution in [0.5, 0.6) is 0 Å². The lowest BCUT2D eigenvalue weighted by molar-refractivity contribution is -0.254. The number of hydrogen-bond acceptors (Lipinski definition) is 1. The van der Waals surface area contributed by atoms with Crippen LogP contribution < -0.4 is 5.73 Å². The Bertz CT molecular complexity index is 526. The summed E-state index contributed by atoms with van der Waals surface area (Å²) in [4.78, 5) is 14.7. The van der Waals surface area contributed by atoms with Crippen molar-refractivity contribution in [3.05, 3.63) is 41.6 Å². The van der Waals surface area contributed by atoms with Crippen LogP contribution in [0.4, 0.5) is 5.69 Å². The van der Waals surface area contributed by atoms with Gasteiger partial charge in [0.2, 0.25) is 0 Å². The summed E-state index contributed by atoms with van der Waals surface area (Å²) in [5.74, 6) is 0.0564. The van der Waals surface area contributed by atoms with Crippen LogP contribution in [0.3, 0.4) is 0 Å². The predicted molar refractivity (Wildman–Crippen MR) is 63.5 cm³/mol. The number of benzene rings is 1. The van der Waals surface area contributed by atoms with Crippen molar-refractivity contribution in [2.45, 2.75) is 13.8 Å². The zero-order chi connectivity index (χ0) is 11.7. The number of nitrogens with one attached hydrogen (secondary N) is 1. The maximum Gasteiger partial charge on any atom is 0.167 e. The quantitative estimate of drug-likeness (QED) is 0.740. The molecule has 0 atom stereocenters. The summed E-state index contributed by atoms with van der Waals surface area (Å²) in [7, 11) is 0. The fourth-order valence-corrected chi connectivity index (χ4v) is 2.00. The maximum absolute atomic E-state index is 11.5. The highest BCUT2D eigenvalue weighted by molar-refractivity contribution is 6.02. The van der Waals surface area contributed by atoms with E-state index >= 15 is 0 Å². The molecule has 2 aromatic rings. The van der Waals surface area contributed by atoms with Crippen LogP contribution in [-0.2, 0) is 0 Å². The molecule has 1 aromatic carbocycles. The smallest absolute Gasteiger partial charge is 0.167 e. The van der Waals surface area contributed by atoms with Crippen molar-refractivity contribution < 1.29 is 10.5 Å². The second-order valence-electron chi connectivity index (χ2n) is 3.90. The molecular weight excluding hydrogens is 200 g/mol. The lowest BCUT2D eigenvalue weighted by Gasteiger charge is -1.97. The van der Waals surface area contributed by atoms with Gasteiger partial charge in [-0.25, -0.2) is 0 Å². The molecule has 0 bridgehead atoms. The van der Waals surface area contributed by atoms with E-state index in [4.69, 9.17) is 0 Å². The summed E-state index contributed by atoms with van der Waals surface area (Å²) in [6, 6.07) is 9.92. The fraction of sp³-hybridized carbons (Fsp3) is 0.154. The highest BCUT2D eigenvalue weighted by atomic mass is 16.1. The molecule has 0 aliphatic carbocycles. The standard InChI is InChI=1S/C13H14N2O/c1-8-11(9(2)16)12(14)13(15-8)10-6-4-3-5-7-10/h3-7,15H,14H2,1-2H3/p+1. The Morgan fingerprint density at radius 3 is 2.38 bits per heavy atom. The van der Waals surface area contributed by atoms with Gasteiger partial charge in [-0.15, -0.1) is 0 Å². The van der Waals surface area contributed by atoms with Crippen molar-refractivity contribution in [3.8, 4) is 11.3 Å². The molecular formula is C13H15N2O+. The molecule has 3 nitrogen and oxygen atoms in total. The minimum Gasteiger partial charge on any atom is -0.353 e. The molecule has 0 saturated heterocycles. The summed E-state index contributed by atoms with van der Waals surface area (Å²) in [5.41, 5.74) is 8.36. The third-order valence-electron chi connectivity index (χ3n) is 2.71. The zero-order valence-corrected chi connectivity index (χ0v) is 9.50. The van der Waals surface area contributed by atoms with Crippen LogP contribution in [0.2, 0.25) is 0 Å². The van der Waals surface area contributed by atoms with E-state index in [1.165, 1.54) is 0 Å². The van der Waals surface area contributed by atoms with Crippen LogP contribution in [0.1, 0.15) is 23.0 Å². The number of carbonyl (C=O) groups is 1. The van der Waals surface area contributed by atoms with Crippen molar-refractivity contribution in [3.63, 3.8) is 0 Å². The summed E-state index contributed by atoms with van der Waals surface area (Å²) in [6.07, 6.45) is 0. The minimum atomic E-state index is 0.0564. The first-order valence-electron chi connectivity index (χ1n) is 5.22. The molecule has 0 spiro atoms. The Morgan fingerprint density at radius 1 is 1.25 bits per heavy atom. The third kappa shape index (κ3) is 1.66. The van der Waals surface area contributed by atoms with E-state index in [-0.39, 0.29) is 5.78 Å². The second kappa shape index (κ2) is 3.94. The topological polar surface area (TPSA) is 60.5 Å². The number of quaternary nitrogens is 1. The number of rotatable bonds is 2. The third-order valence-corrected chi connectivity index (χ3v) is 2.71. The van der Waals surface area contributed by atoms with Crippen LogP contribution in [0, 0.1) is 6.92 Å². The molecule has 3 heteroatoms. The fourth-order valence-electron chi connectivity index (χ4n) is 2.00. The van der Waals surface area contributed by atoms with E-state index in [2.05, 4.69) is 10.7 Å². The Balaban J connectivity index is 2.61. The molecule has 82 valence electrons. The van der Waals surface area contributed by atoms with Gasteiger partial charge in [0.25, 0.3) is 0 Å². The summed E-state index contributed by atoms with van der Waals surface area (Å²) in [5, 5.41) is 0. The van der Waals surface area contributed by atoms with Gasteiger partial charge in [0.05, 0.1) is 5.56 Å². The highest BCUT2D eigenvalue weighted by Gasteiger charge is 2.19. The average Bonchev–Trinajstić information content (AvgIpc) is 2.55. The van der Waals surface area contributed by atoms with Crippen LogP contribution in [-0.4, -0.2) is 10.8 Å². The Morgan fingerprint density at radius 2 is 1.88 bits per heavy atom. The van der Waals surface area contributed by atoms with Gasteiger partial charge in [-0.1, -0.05) is 30.3 Å². The van der Waals surface area contributed by atoms with Crippen molar-refractivity contribution in [2.24, 2.45) is 0 Å². The van der Waals surface area contributed by atoms with E-state index in [1.54, 1.807) is 6.92 Å². The van der Waals surface area contributed by atoms with Gasteiger partial charge >= 0.3 is 0 Å². The Hall–Kier alpha value is -1.87. The molecule has 0 fully saturated rings. The maximum atomic E-state index is 11.5. The second-order valence-corrected chi connectivity index (χ2v) is 3.90. The van der Waals surface area contributed by atoms with Gasteiger partial charge in [-0.3, -0.25) is 4.79 Å². The highest BCUT2D eigenvalue weighted by Crippen LogP contribution is 2.29. The molecule has 16 heavy (non-hydrogen) atoms. The van der Waals surface area contributed by atoms with E-state index in [1.807, 2.05) is 37.3 Å². The molecule has 0 amide bonds. The molecule has 1 heterocycles. The van der Waals surface area contributed by atoms with Crippen molar-refractivity contribution in [1.29, 1.82) is 0 Å². The van der Waals surface area contributed by atoms with E-state index in [0.717, 1.165) is 22.6 Å². The molecule has 1 aromatic heterocycles. The molecule has 0 aliphatic rings. The lowest BCUT2D eigenvalue weighted by atomic mass is 10.1. The number of aromatic amines is 1. The summed E-state index contributed by atoms with van der Waals surface area (Å²) in [6.45, 7) is 3.47. The van der Waals surface area contributed by atoms with Gasteiger partial charge < -0.3 is 10.7 Å². The first-order valence-corrected chi connectivity index (χ1v) is 5.22. The number of ketones is 1. The number of hydrogen-bond donors (Lipinski definition) is 2. The minimum absolute atomic E-state index is 0.0564. The number of Topliss-reactive ketones (excluding diaryl/α,β-unsaturated/α-hetero) is 1. The zero-order valence-electron chi connectivity index (χ0n) is 9.50. The largest absolute Gasteiger partial charge is 0.353 e. The normalized spacial score (nSPS) is 10.4. The van der Waals surface area contributed by atoms with Gasteiger partial charge in [-0.05, 0) is 13.8 Å². The molecule has 0 radical (unpaired) electrons. The van der Waals surface area contributed by atoms with Crippen LogP contribution >= 0.6 is 0 Å².